The van der Waals surface area contributed by atoms with E-state index in [0.29, 0.717) is 11.1 Å². The minimum absolute atomic E-state index is 0.143. The molecule has 0 aliphatic heterocycles. The molecule has 0 spiro atoms. The number of carbonyl (C=O) groups excluding carboxylic acids is 3. The predicted molar refractivity (Wildman–Crippen MR) is 141 cm³/mol. The largest absolute Gasteiger partial charge is 0.507 e. The maximum Gasteiger partial charge on any atom is 0.230 e. The van der Waals surface area contributed by atoms with E-state index in [9.17, 15) is 39.9 Å². The average Bonchev–Trinajstić information content (AvgIpc) is 2.90. The number of nitriles is 1. The number of likely N-dealkylation sites (N-methyl/N-ethyl adjacent to an activating group) is 1. The molecule has 0 aromatic heterocycles. The number of carbonyl (C=O) groups is 3. The summed E-state index contributed by atoms with van der Waals surface area (Å²) in [5.74, 6) is -9.92. The first-order valence-corrected chi connectivity index (χ1v) is 12.5. The lowest BCUT2D eigenvalue weighted by molar-refractivity contribution is -0.196. The number of rotatable bonds is 3. The normalized spacial score (nSPS) is 32.4. The van der Waals surface area contributed by atoms with Crippen LogP contribution < -0.4 is 5.73 Å². The van der Waals surface area contributed by atoms with Crippen molar-refractivity contribution < 1.29 is 39.9 Å². The van der Waals surface area contributed by atoms with Crippen LogP contribution in [0.3, 0.4) is 0 Å². The number of aromatic hydroxyl groups is 1. The molecule has 3 aliphatic carbocycles. The summed E-state index contributed by atoms with van der Waals surface area (Å²) in [4.78, 5) is 41.3. The van der Waals surface area contributed by atoms with E-state index in [1.54, 1.807) is 36.4 Å². The molecule has 2 unspecified atom stereocenters. The molecule has 40 heavy (non-hydrogen) atoms. The van der Waals surface area contributed by atoms with Gasteiger partial charge in [-0.2, -0.15) is 5.26 Å². The van der Waals surface area contributed by atoms with Crippen molar-refractivity contribution in [1.29, 1.82) is 5.26 Å². The van der Waals surface area contributed by atoms with Crippen LogP contribution in [0.15, 0.2) is 48.0 Å². The van der Waals surface area contributed by atoms with Gasteiger partial charge in [-0.1, -0.05) is 30.3 Å². The Hall–Kier alpha value is -4.34. The molecule has 2 fully saturated rings. The van der Waals surface area contributed by atoms with Gasteiger partial charge < -0.3 is 36.2 Å². The number of primary amides is 1. The third-order valence-electron chi connectivity index (χ3n) is 8.26. The second-order valence-corrected chi connectivity index (χ2v) is 10.6. The van der Waals surface area contributed by atoms with Crippen LogP contribution in [0, 0.1) is 29.1 Å². The van der Waals surface area contributed by atoms with Gasteiger partial charge in [0.2, 0.25) is 11.7 Å². The zero-order valence-corrected chi connectivity index (χ0v) is 21.5. The predicted octanol–water partition coefficient (Wildman–Crippen LogP) is -0.0304. The lowest BCUT2D eigenvalue weighted by atomic mass is 9.52. The van der Waals surface area contributed by atoms with Gasteiger partial charge in [-0.3, -0.25) is 14.4 Å². The fourth-order valence-electron chi connectivity index (χ4n) is 6.50. The Bertz CT molecular complexity index is 1550. The number of amides is 1. The summed E-state index contributed by atoms with van der Waals surface area (Å²) in [6.07, 6.45) is -1.88. The number of hydrogen-bond donors (Lipinski definition) is 6. The van der Waals surface area contributed by atoms with Crippen molar-refractivity contribution in [2.45, 2.75) is 23.9 Å². The highest BCUT2D eigenvalue weighted by Crippen LogP contribution is 2.55. The topological polar surface area (TPSA) is 205 Å². The Labute approximate surface area is 228 Å². The van der Waals surface area contributed by atoms with Crippen molar-refractivity contribution in [2.24, 2.45) is 23.5 Å². The maximum atomic E-state index is 14.1. The Morgan fingerprint density at radius 1 is 1.07 bits per heavy atom. The van der Waals surface area contributed by atoms with Gasteiger partial charge in [-0.05, 0) is 49.0 Å². The van der Waals surface area contributed by atoms with Gasteiger partial charge in [0.25, 0.3) is 0 Å². The fourth-order valence-corrected chi connectivity index (χ4v) is 6.50. The number of fused-ring (bicyclic) bond motifs is 3. The molecule has 2 aromatic carbocycles. The summed E-state index contributed by atoms with van der Waals surface area (Å²) in [5.41, 5.74) is 3.23. The number of aliphatic hydroxyl groups is 4. The van der Waals surface area contributed by atoms with Crippen LogP contribution in [0.5, 0.6) is 5.75 Å². The van der Waals surface area contributed by atoms with Crippen molar-refractivity contribution in [3.05, 3.63) is 70.3 Å². The van der Waals surface area contributed by atoms with Gasteiger partial charge in [0.15, 0.2) is 11.4 Å². The van der Waals surface area contributed by atoms with E-state index in [2.05, 4.69) is 0 Å². The van der Waals surface area contributed by atoms with Crippen LogP contribution in [0.1, 0.15) is 22.3 Å². The van der Waals surface area contributed by atoms with Crippen molar-refractivity contribution in [1.82, 2.24) is 4.90 Å². The molecule has 7 N–H and O–H groups in total. The number of phenolic OH excluding ortho intramolecular Hbond substituents is 1. The maximum absolute atomic E-state index is 14.1. The number of ketones is 2. The molecule has 2 aromatic rings. The van der Waals surface area contributed by atoms with E-state index >= 15 is 0 Å². The molecular formula is C29H27N3O8. The molecule has 0 radical (unpaired) electrons. The summed E-state index contributed by atoms with van der Waals surface area (Å²) in [6.45, 7) is 0. The van der Waals surface area contributed by atoms with Gasteiger partial charge >= 0.3 is 0 Å². The SMILES string of the molecule is CN(C)[C@@H]1C(O)C(C(N)=O)C(=O)[C@@]2(O)C(=O)C3=C(O)c4c(O)cccc4/C(=C\c4ccc(C#N)cc4)[C@H]3[C@H](O)[C@@H]12. The third-order valence-corrected chi connectivity index (χ3v) is 8.26. The quantitative estimate of drug-likeness (QED) is 0.284. The van der Waals surface area contributed by atoms with Gasteiger partial charge in [0.1, 0.15) is 17.4 Å². The van der Waals surface area contributed by atoms with Crippen LogP contribution in [0.4, 0.5) is 0 Å². The van der Waals surface area contributed by atoms with E-state index in [1.165, 1.54) is 31.1 Å². The van der Waals surface area contributed by atoms with Crippen molar-refractivity contribution >= 4 is 34.9 Å². The van der Waals surface area contributed by atoms with E-state index in [4.69, 9.17) is 11.0 Å². The molecule has 0 saturated heterocycles. The highest BCUT2D eigenvalue weighted by Gasteiger charge is 2.70. The van der Waals surface area contributed by atoms with E-state index in [-0.39, 0.29) is 16.7 Å². The Balaban J connectivity index is 1.81. The van der Waals surface area contributed by atoms with Gasteiger partial charge in [0, 0.05) is 17.9 Å². The standard InChI is InChI=1S/C29H27N3O8/c1-32(2)22-21-24(35)18-15(10-12-6-8-13(11-30)9-7-12)14-4-3-5-16(33)17(14)23(34)19(18)26(37)29(21,40)27(38)20(25(22)36)28(31)39/h3-10,18,20-22,24-25,33-36,40H,1-2H3,(H2,31,39)/b15-10+/t18-,20?,21-,22+,24+,25?,29+/m1/s1. The van der Waals surface area contributed by atoms with Gasteiger partial charge in [-0.25, -0.2) is 0 Å². The number of nitrogens with two attached hydrogens (primary N) is 1. The molecule has 11 nitrogen and oxygen atoms in total. The second kappa shape index (κ2) is 9.39. The van der Waals surface area contributed by atoms with Crippen LogP contribution >= 0.6 is 0 Å². The van der Waals surface area contributed by atoms with E-state index in [1.807, 2.05) is 6.07 Å². The molecule has 206 valence electrons. The molecule has 5 rings (SSSR count). The van der Waals surface area contributed by atoms with Crippen LogP contribution in [0.2, 0.25) is 0 Å². The minimum atomic E-state index is -3.02. The minimum Gasteiger partial charge on any atom is -0.507 e. The summed E-state index contributed by atoms with van der Waals surface area (Å²) < 4.78 is 0. The highest BCUT2D eigenvalue weighted by atomic mass is 16.3. The monoisotopic (exact) mass is 545 g/mol. The zero-order valence-electron chi connectivity index (χ0n) is 21.5. The summed E-state index contributed by atoms with van der Waals surface area (Å²) in [6, 6.07) is 11.5. The van der Waals surface area contributed by atoms with Crippen LogP contribution in [-0.2, 0) is 14.4 Å². The third kappa shape index (κ3) is 3.61. The van der Waals surface area contributed by atoms with Gasteiger partial charge in [-0.15, -0.1) is 0 Å². The lowest BCUT2D eigenvalue weighted by Gasteiger charge is -2.55. The molecule has 7 atom stereocenters. The molecule has 2 saturated carbocycles. The fraction of sp³-hybridized carbons (Fsp3) is 0.310. The molecule has 0 heterocycles. The molecule has 11 heteroatoms. The van der Waals surface area contributed by atoms with Crippen LogP contribution in [-0.4, -0.2) is 85.9 Å². The second-order valence-electron chi connectivity index (χ2n) is 10.6. The Kier molecular flexibility index (Phi) is 6.40. The number of phenols is 1. The summed E-state index contributed by atoms with van der Waals surface area (Å²) in [5, 5.41) is 65.9. The van der Waals surface area contributed by atoms with E-state index < -0.39 is 76.2 Å². The number of aliphatic hydroxyl groups excluding tert-OH is 3. The Morgan fingerprint density at radius 3 is 2.30 bits per heavy atom. The number of nitrogens with zero attached hydrogens (tertiary/aromatic N) is 2. The highest BCUT2D eigenvalue weighted by molar-refractivity contribution is 6.26. The lowest BCUT2D eigenvalue weighted by Crippen LogP contribution is -2.76. The molecule has 1 amide bonds. The zero-order chi connectivity index (χ0) is 29.3. The first-order chi connectivity index (χ1) is 18.9. The van der Waals surface area contributed by atoms with Crippen molar-refractivity contribution in [3.63, 3.8) is 0 Å². The number of benzene rings is 2. The van der Waals surface area contributed by atoms with Crippen molar-refractivity contribution in [2.75, 3.05) is 14.1 Å². The summed E-state index contributed by atoms with van der Waals surface area (Å²) in [7, 11) is 2.98. The first kappa shape index (κ1) is 27.2. The number of hydrogen-bond acceptors (Lipinski definition) is 10. The molecular weight excluding hydrogens is 518 g/mol. The van der Waals surface area contributed by atoms with Crippen LogP contribution in [0.25, 0.3) is 17.4 Å². The molecule has 0 bridgehead atoms. The summed E-state index contributed by atoms with van der Waals surface area (Å²) >= 11 is 0. The Morgan fingerprint density at radius 2 is 1.73 bits per heavy atom. The van der Waals surface area contributed by atoms with Gasteiger partial charge in [0.05, 0.1) is 35.0 Å². The molecule has 3 aliphatic rings. The van der Waals surface area contributed by atoms with E-state index in [0.717, 1.165) is 0 Å². The average molecular weight is 546 g/mol. The van der Waals surface area contributed by atoms with Crippen molar-refractivity contribution in [3.8, 4) is 11.8 Å². The smallest absolute Gasteiger partial charge is 0.230 e. The number of Topliss-reactive ketones (excluding diaryl/α,β-unsaturated/α-hetero) is 2. The first-order valence-electron chi connectivity index (χ1n) is 12.5.